The molecule has 1 amide bonds. The molecule has 0 saturated carbocycles. The number of benzene rings is 2. The van der Waals surface area contributed by atoms with Crippen LogP contribution in [-0.2, 0) is 0 Å². The fraction of sp³-hybridized carbons (Fsp3) is 0. The van der Waals surface area contributed by atoms with Crippen molar-refractivity contribution in [1.29, 1.82) is 0 Å². The molecule has 0 bridgehead atoms. The Balaban J connectivity index is 1.62. The first-order chi connectivity index (χ1) is 12.6. The lowest BCUT2D eigenvalue weighted by Gasteiger charge is -1.97. The second kappa shape index (κ2) is 6.45. The molecule has 128 valence electrons. The first-order valence-corrected chi connectivity index (χ1v) is 8.07. The van der Waals surface area contributed by atoms with Crippen LogP contribution >= 0.6 is 11.6 Å². The second-order valence-electron chi connectivity index (χ2n) is 5.52. The third-order valence-electron chi connectivity index (χ3n) is 3.86. The number of hydrogen-bond donors (Lipinski definition) is 3. The van der Waals surface area contributed by atoms with Gasteiger partial charge in [-0.2, -0.15) is 5.10 Å². The molecule has 2 aromatic carbocycles. The van der Waals surface area contributed by atoms with Gasteiger partial charge in [-0.3, -0.25) is 9.89 Å². The first kappa shape index (κ1) is 16.0. The summed E-state index contributed by atoms with van der Waals surface area (Å²) in [4.78, 5) is 15.0. The SMILES string of the molecule is O=C(N=Nc1c(O)[nH]c2ccccc12)c1cc(-c2ccccc2Cl)n[nH]1. The Hall–Kier alpha value is -3.45. The summed E-state index contributed by atoms with van der Waals surface area (Å²) in [6.07, 6.45) is 0. The zero-order chi connectivity index (χ0) is 18.1. The Morgan fingerprint density at radius 2 is 1.88 bits per heavy atom. The molecule has 0 aliphatic carbocycles. The summed E-state index contributed by atoms with van der Waals surface area (Å²) in [5, 5.41) is 25.4. The standard InChI is InChI=1S/C18H12ClN5O2/c19-12-7-3-1-5-10(12)14-9-15(22-21-14)17(25)24-23-16-11-6-2-4-8-13(11)20-18(16)26/h1-9,20,26H,(H,21,22). The molecule has 4 rings (SSSR count). The number of nitrogens with one attached hydrogen (secondary N) is 2. The number of halogens is 1. The van der Waals surface area contributed by atoms with Crippen LogP contribution in [0.2, 0.25) is 5.02 Å². The molecule has 7 nitrogen and oxygen atoms in total. The van der Waals surface area contributed by atoms with Gasteiger partial charge >= 0.3 is 5.91 Å². The van der Waals surface area contributed by atoms with Crippen LogP contribution in [0.3, 0.4) is 0 Å². The number of azo groups is 1. The number of hydrogen-bond acceptors (Lipinski definition) is 4. The molecule has 3 N–H and O–H groups in total. The van der Waals surface area contributed by atoms with Crippen molar-refractivity contribution in [3.8, 4) is 17.1 Å². The van der Waals surface area contributed by atoms with Crippen molar-refractivity contribution >= 4 is 34.1 Å². The lowest BCUT2D eigenvalue weighted by atomic mass is 10.1. The van der Waals surface area contributed by atoms with Gasteiger partial charge in [0.05, 0.1) is 16.2 Å². The maximum absolute atomic E-state index is 12.3. The molecule has 0 atom stereocenters. The highest BCUT2D eigenvalue weighted by atomic mass is 35.5. The predicted molar refractivity (Wildman–Crippen MR) is 97.8 cm³/mol. The first-order valence-electron chi connectivity index (χ1n) is 7.69. The Bertz CT molecular complexity index is 1150. The van der Waals surface area contributed by atoms with Crippen molar-refractivity contribution in [2.24, 2.45) is 10.2 Å². The van der Waals surface area contributed by atoms with Crippen molar-refractivity contribution < 1.29 is 9.90 Å². The molecule has 0 aliphatic rings. The Morgan fingerprint density at radius 3 is 2.73 bits per heavy atom. The Labute approximate surface area is 152 Å². The molecule has 4 aromatic rings. The quantitative estimate of drug-likeness (QED) is 0.452. The molecule has 0 unspecified atom stereocenters. The molecule has 8 heteroatoms. The lowest BCUT2D eigenvalue weighted by molar-refractivity contribution is 0.0990. The van der Waals surface area contributed by atoms with E-state index in [1.807, 2.05) is 18.2 Å². The van der Waals surface area contributed by atoms with Crippen LogP contribution in [0, 0.1) is 0 Å². The van der Waals surface area contributed by atoms with Gasteiger partial charge in [-0.15, -0.1) is 10.2 Å². The summed E-state index contributed by atoms with van der Waals surface area (Å²) in [6, 6.07) is 15.9. The summed E-state index contributed by atoms with van der Waals surface area (Å²) in [5.41, 5.74) is 2.32. The van der Waals surface area contributed by atoms with E-state index in [4.69, 9.17) is 11.6 Å². The van der Waals surface area contributed by atoms with Gasteiger partial charge in [0.1, 0.15) is 5.69 Å². The van der Waals surface area contributed by atoms with E-state index < -0.39 is 5.91 Å². The van der Waals surface area contributed by atoms with Crippen molar-refractivity contribution in [2.75, 3.05) is 0 Å². The van der Waals surface area contributed by atoms with Gasteiger partial charge in [0, 0.05) is 10.9 Å². The average molecular weight is 366 g/mol. The van der Waals surface area contributed by atoms with Gasteiger partial charge in [-0.05, 0) is 18.2 Å². The van der Waals surface area contributed by atoms with E-state index in [1.165, 1.54) is 0 Å². The fourth-order valence-corrected chi connectivity index (χ4v) is 2.83. The van der Waals surface area contributed by atoms with E-state index >= 15 is 0 Å². The molecular weight excluding hydrogens is 354 g/mol. The third-order valence-corrected chi connectivity index (χ3v) is 4.19. The number of para-hydroxylation sites is 1. The van der Waals surface area contributed by atoms with Gasteiger partial charge in [0.15, 0.2) is 5.69 Å². The largest absolute Gasteiger partial charge is 0.493 e. The number of carbonyl (C=O) groups is 1. The highest BCUT2D eigenvalue weighted by Gasteiger charge is 2.14. The lowest BCUT2D eigenvalue weighted by Crippen LogP contribution is -1.93. The smallest absolute Gasteiger partial charge is 0.313 e. The van der Waals surface area contributed by atoms with E-state index in [1.54, 1.807) is 36.4 Å². The molecule has 0 aliphatic heterocycles. The van der Waals surface area contributed by atoms with E-state index in [-0.39, 0.29) is 17.3 Å². The molecule has 2 aromatic heterocycles. The zero-order valence-corrected chi connectivity index (χ0v) is 14.0. The maximum Gasteiger partial charge on any atom is 0.313 e. The summed E-state index contributed by atoms with van der Waals surface area (Å²) >= 11 is 6.14. The number of carbonyl (C=O) groups excluding carboxylic acids is 1. The number of rotatable bonds is 3. The number of aromatic hydroxyl groups is 1. The topological polar surface area (TPSA) is 106 Å². The van der Waals surface area contributed by atoms with Gasteiger partial charge in [0.2, 0.25) is 5.88 Å². The van der Waals surface area contributed by atoms with Crippen molar-refractivity contribution in [3.63, 3.8) is 0 Å². The van der Waals surface area contributed by atoms with E-state index in [9.17, 15) is 9.90 Å². The van der Waals surface area contributed by atoms with Crippen LogP contribution in [0.15, 0.2) is 64.8 Å². The van der Waals surface area contributed by atoms with Crippen LogP contribution in [0.5, 0.6) is 5.88 Å². The summed E-state index contributed by atoms with van der Waals surface area (Å²) < 4.78 is 0. The minimum Gasteiger partial charge on any atom is -0.493 e. The fourth-order valence-electron chi connectivity index (χ4n) is 2.60. The average Bonchev–Trinajstić information content (AvgIpc) is 3.24. The van der Waals surface area contributed by atoms with E-state index in [0.717, 1.165) is 0 Å². The number of fused-ring (bicyclic) bond motifs is 1. The van der Waals surface area contributed by atoms with Crippen LogP contribution < -0.4 is 0 Å². The maximum atomic E-state index is 12.3. The Morgan fingerprint density at radius 1 is 1.12 bits per heavy atom. The minimum absolute atomic E-state index is 0.149. The summed E-state index contributed by atoms with van der Waals surface area (Å²) in [7, 11) is 0. The highest BCUT2D eigenvalue weighted by Crippen LogP contribution is 2.35. The number of nitrogens with zero attached hydrogens (tertiary/aromatic N) is 3. The molecule has 0 saturated heterocycles. The van der Waals surface area contributed by atoms with Gasteiger partial charge in [-0.25, -0.2) is 0 Å². The summed E-state index contributed by atoms with van der Waals surface area (Å²) in [5.74, 6) is -0.760. The minimum atomic E-state index is -0.611. The Kier molecular flexibility index (Phi) is 3.98. The normalized spacial score (nSPS) is 11.4. The third kappa shape index (κ3) is 2.84. The van der Waals surface area contributed by atoms with Crippen LogP contribution in [0.4, 0.5) is 5.69 Å². The van der Waals surface area contributed by atoms with Crippen molar-refractivity contribution in [3.05, 3.63) is 65.3 Å². The molecule has 26 heavy (non-hydrogen) atoms. The number of aromatic nitrogens is 3. The number of aromatic amines is 2. The molecule has 2 heterocycles. The molecule has 0 spiro atoms. The zero-order valence-electron chi connectivity index (χ0n) is 13.3. The van der Waals surface area contributed by atoms with Gasteiger partial charge in [0.25, 0.3) is 0 Å². The number of amides is 1. The van der Waals surface area contributed by atoms with Crippen molar-refractivity contribution in [2.45, 2.75) is 0 Å². The molecular formula is C18H12ClN5O2. The number of H-pyrrole nitrogens is 2. The highest BCUT2D eigenvalue weighted by molar-refractivity contribution is 6.33. The summed E-state index contributed by atoms with van der Waals surface area (Å²) in [6.45, 7) is 0. The van der Waals surface area contributed by atoms with Crippen LogP contribution in [0.1, 0.15) is 10.5 Å². The van der Waals surface area contributed by atoms with E-state index in [0.29, 0.717) is 27.2 Å². The van der Waals surface area contributed by atoms with Gasteiger partial charge in [-0.1, -0.05) is 48.0 Å². The second-order valence-corrected chi connectivity index (χ2v) is 5.93. The molecule has 0 radical (unpaired) electrons. The van der Waals surface area contributed by atoms with Crippen LogP contribution in [-0.4, -0.2) is 26.2 Å². The predicted octanol–water partition coefficient (Wildman–Crippen LogP) is 4.84. The molecule has 0 fully saturated rings. The van der Waals surface area contributed by atoms with E-state index in [2.05, 4.69) is 25.4 Å². The van der Waals surface area contributed by atoms with Gasteiger partial charge < -0.3 is 10.1 Å². The monoisotopic (exact) mass is 365 g/mol. The van der Waals surface area contributed by atoms with Crippen molar-refractivity contribution in [1.82, 2.24) is 15.2 Å². The van der Waals surface area contributed by atoms with Crippen LogP contribution in [0.25, 0.3) is 22.2 Å².